The summed E-state index contributed by atoms with van der Waals surface area (Å²) in [5, 5.41) is 8.40. The van der Waals surface area contributed by atoms with Gasteiger partial charge in [0.25, 0.3) is 0 Å². The van der Waals surface area contributed by atoms with Crippen molar-refractivity contribution in [1.29, 1.82) is 0 Å². The molecule has 4 nitrogen and oxygen atoms in total. The van der Waals surface area contributed by atoms with Gasteiger partial charge in [-0.15, -0.1) is 5.10 Å². The van der Waals surface area contributed by atoms with Gasteiger partial charge in [-0.25, -0.2) is 9.67 Å². The second kappa shape index (κ2) is 2.71. The van der Waals surface area contributed by atoms with E-state index in [1.54, 1.807) is 16.9 Å². The van der Waals surface area contributed by atoms with Gasteiger partial charge in [-0.05, 0) is 13.0 Å². The molecular formula is C7H7ClN4. The van der Waals surface area contributed by atoms with Crippen LogP contribution in [0, 0.1) is 0 Å². The quantitative estimate of drug-likeness (QED) is 0.672. The third kappa shape index (κ3) is 0.956. The Balaban J connectivity index is 2.80. The van der Waals surface area contributed by atoms with Crippen molar-refractivity contribution >= 4 is 22.8 Å². The van der Waals surface area contributed by atoms with Crippen molar-refractivity contribution in [1.82, 2.24) is 20.0 Å². The van der Waals surface area contributed by atoms with Gasteiger partial charge in [0.2, 0.25) is 0 Å². The zero-order valence-electron chi connectivity index (χ0n) is 6.53. The second-order valence-corrected chi connectivity index (χ2v) is 2.78. The standard InChI is InChI=1S/C7H7ClN4/c1-2-12-7-6(10-11-12)5(8)3-4-9-7/h3-4H,2H2,1H3. The van der Waals surface area contributed by atoms with Crippen molar-refractivity contribution < 1.29 is 0 Å². The van der Waals surface area contributed by atoms with Gasteiger partial charge < -0.3 is 0 Å². The maximum Gasteiger partial charge on any atom is 0.179 e. The molecule has 0 saturated heterocycles. The molecule has 0 radical (unpaired) electrons. The Bertz CT molecular complexity index is 409. The van der Waals surface area contributed by atoms with E-state index in [4.69, 9.17) is 11.6 Å². The van der Waals surface area contributed by atoms with Crippen LogP contribution in [0.2, 0.25) is 5.02 Å². The molecule has 0 aromatic carbocycles. The summed E-state index contributed by atoms with van der Waals surface area (Å²) in [6, 6.07) is 1.71. The zero-order chi connectivity index (χ0) is 8.55. The van der Waals surface area contributed by atoms with Crippen molar-refractivity contribution in [3.05, 3.63) is 17.3 Å². The maximum atomic E-state index is 5.87. The molecule has 0 spiro atoms. The lowest BCUT2D eigenvalue weighted by Crippen LogP contribution is -1.97. The highest BCUT2D eigenvalue weighted by Gasteiger charge is 2.06. The molecule has 0 saturated carbocycles. The monoisotopic (exact) mass is 182 g/mol. The van der Waals surface area contributed by atoms with Gasteiger partial charge in [-0.1, -0.05) is 16.8 Å². The van der Waals surface area contributed by atoms with E-state index in [9.17, 15) is 0 Å². The highest BCUT2D eigenvalue weighted by molar-refractivity contribution is 6.34. The van der Waals surface area contributed by atoms with Gasteiger partial charge in [0.15, 0.2) is 11.2 Å². The third-order valence-corrected chi connectivity index (χ3v) is 1.96. The van der Waals surface area contributed by atoms with Crippen molar-refractivity contribution in [2.75, 3.05) is 0 Å². The molecule has 5 heteroatoms. The van der Waals surface area contributed by atoms with Crippen molar-refractivity contribution in [3.8, 4) is 0 Å². The first-order valence-corrected chi connectivity index (χ1v) is 4.04. The number of aryl methyl sites for hydroxylation is 1. The molecule has 0 aliphatic rings. The third-order valence-electron chi connectivity index (χ3n) is 1.65. The SMILES string of the molecule is CCn1nnc2c(Cl)ccnc21. The minimum absolute atomic E-state index is 0.597. The predicted octanol–water partition coefficient (Wildman–Crippen LogP) is 1.50. The van der Waals surface area contributed by atoms with Gasteiger partial charge in [-0.3, -0.25) is 0 Å². The van der Waals surface area contributed by atoms with Crippen LogP contribution in [0.4, 0.5) is 0 Å². The molecule has 62 valence electrons. The smallest absolute Gasteiger partial charge is 0.179 e. The maximum absolute atomic E-state index is 5.87. The van der Waals surface area contributed by atoms with Gasteiger partial charge in [0.1, 0.15) is 0 Å². The summed E-state index contributed by atoms with van der Waals surface area (Å²) in [6.45, 7) is 2.74. The van der Waals surface area contributed by atoms with Gasteiger partial charge in [0.05, 0.1) is 5.02 Å². The van der Waals surface area contributed by atoms with E-state index in [1.807, 2.05) is 6.92 Å². The summed E-state index contributed by atoms with van der Waals surface area (Å²) in [5.41, 5.74) is 1.41. The Kier molecular flexibility index (Phi) is 1.69. The van der Waals surface area contributed by atoms with E-state index in [0.29, 0.717) is 10.5 Å². The Hall–Kier alpha value is -1.16. The first-order valence-electron chi connectivity index (χ1n) is 3.66. The van der Waals surface area contributed by atoms with Crippen LogP contribution in [-0.4, -0.2) is 20.0 Å². The van der Waals surface area contributed by atoms with E-state index in [-0.39, 0.29) is 0 Å². The number of rotatable bonds is 1. The lowest BCUT2D eigenvalue weighted by atomic mass is 10.4. The molecule has 0 unspecified atom stereocenters. The summed E-state index contributed by atoms with van der Waals surface area (Å²) in [6.07, 6.45) is 1.65. The zero-order valence-corrected chi connectivity index (χ0v) is 7.28. The fraction of sp³-hybridized carbons (Fsp3) is 0.286. The number of fused-ring (bicyclic) bond motifs is 1. The molecule has 12 heavy (non-hydrogen) atoms. The Morgan fingerprint density at radius 3 is 3.17 bits per heavy atom. The molecule has 0 bridgehead atoms. The van der Waals surface area contributed by atoms with Crippen LogP contribution in [0.3, 0.4) is 0 Å². The van der Waals surface area contributed by atoms with Crippen LogP contribution in [-0.2, 0) is 6.54 Å². The number of halogens is 1. The molecule has 0 atom stereocenters. The average Bonchev–Trinajstić information content (AvgIpc) is 2.49. The summed E-state index contributed by atoms with van der Waals surface area (Å²) in [4.78, 5) is 4.13. The van der Waals surface area contributed by atoms with Crippen LogP contribution < -0.4 is 0 Å². The molecule has 0 aliphatic carbocycles. The van der Waals surface area contributed by atoms with Crippen LogP contribution in [0.25, 0.3) is 11.2 Å². The summed E-state index contributed by atoms with van der Waals surface area (Å²) in [5.74, 6) is 0. The normalized spacial score (nSPS) is 10.8. The number of nitrogens with zero attached hydrogens (tertiary/aromatic N) is 4. The van der Waals surface area contributed by atoms with Crippen LogP contribution in [0.15, 0.2) is 12.3 Å². The number of hydrogen-bond acceptors (Lipinski definition) is 3. The summed E-state index contributed by atoms with van der Waals surface area (Å²) >= 11 is 5.87. The molecule has 0 aliphatic heterocycles. The predicted molar refractivity (Wildman–Crippen MR) is 46.0 cm³/mol. The van der Waals surface area contributed by atoms with Gasteiger partial charge in [-0.2, -0.15) is 0 Å². The van der Waals surface area contributed by atoms with E-state index in [1.165, 1.54) is 0 Å². The summed E-state index contributed by atoms with van der Waals surface area (Å²) in [7, 11) is 0. The van der Waals surface area contributed by atoms with Gasteiger partial charge in [0, 0.05) is 12.7 Å². The Morgan fingerprint density at radius 2 is 2.42 bits per heavy atom. The van der Waals surface area contributed by atoms with E-state index < -0.39 is 0 Å². The Morgan fingerprint density at radius 1 is 1.58 bits per heavy atom. The first kappa shape index (κ1) is 7.49. The molecule has 2 rings (SSSR count). The van der Waals surface area contributed by atoms with Crippen LogP contribution in [0.1, 0.15) is 6.92 Å². The highest BCUT2D eigenvalue weighted by atomic mass is 35.5. The van der Waals surface area contributed by atoms with E-state index in [2.05, 4.69) is 15.3 Å². The molecule has 0 fully saturated rings. The van der Waals surface area contributed by atoms with E-state index in [0.717, 1.165) is 12.2 Å². The number of pyridine rings is 1. The topological polar surface area (TPSA) is 43.6 Å². The molecule has 2 heterocycles. The number of aromatic nitrogens is 4. The molecule has 2 aromatic heterocycles. The van der Waals surface area contributed by atoms with Crippen LogP contribution >= 0.6 is 11.6 Å². The van der Waals surface area contributed by atoms with Crippen molar-refractivity contribution in [2.24, 2.45) is 0 Å². The van der Waals surface area contributed by atoms with Crippen LogP contribution in [0.5, 0.6) is 0 Å². The minimum Gasteiger partial charge on any atom is -0.235 e. The molecule has 0 N–H and O–H groups in total. The Labute approximate surface area is 74.2 Å². The fourth-order valence-corrected chi connectivity index (χ4v) is 1.23. The highest BCUT2D eigenvalue weighted by Crippen LogP contribution is 2.17. The minimum atomic E-state index is 0.597. The largest absolute Gasteiger partial charge is 0.235 e. The average molecular weight is 183 g/mol. The van der Waals surface area contributed by atoms with Gasteiger partial charge >= 0.3 is 0 Å². The number of hydrogen-bond donors (Lipinski definition) is 0. The molecule has 2 aromatic rings. The van der Waals surface area contributed by atoms with Crippen molar-refractivity contribution in [2.45, 2.75) is 13.5 Å². The summed E-state index contributed by atoms with van der Waals surface area (Å²) < 4.78 is 1.71. The lowest BCUT2D eigenvalue weighted by Gasteiger charge is -1.93. The molecular weight excluding hydrogens is 176 g/mol. The first-order chi connectivity index (χ1) is 5.83. The molecule has 0 amide bonds. The second-order valence-electron chi connectivity index (χ2n) is 2.37. The van der Waals surface area contributed by atoms with Crippen molar-refractivity contribution in [3.63, 3.8) is 0 Å². The lowest BCUT2D eigenvalue weighted by molar-refractivity contribution is 0.641. The van der Waals surface area contributed by atoms with E-state index >= 15 is 0 Å². The fourth-order valence-electron chi connectivity index (χ4n) is 1.06.